The van der Waals surface area contributed by atoms with Crippen LogP contribution in [0.1, 0.15) is 11.1 Å². The van der Waals surface area contributed by atoms with E-state index in [2.05, 4.69) is 22.0 Å². The number of halogens is 1. The van der Waals surface area contributed by atoms with Gasteiger partial charge in [-0.2, -0.15) is 0 Å². The lowest BCUT2D eigenvalue weighted by molar-refractivity contribution is 0.284. The van der Waals surface area contributed by atoms with Gasteiger partial charge in [-0.1, -0.05) is 15.9 Å². The number of benzene rings is 1. The summed E-state index contributed by atoms with van der Waals surface area (Å²) < 4.78 is 1.07. The predicted molar refractivity (Wildman–Crippen MR) is 64.8 cm³/mol. The molecule has 0 aliphatic heterocycles. The van der Waals surface area contributed by atoms with E-state index in [4.69, 9.17) is 10.8 Å². The number of rotatable bonds is 2. The van der Waals surface area contributed by atoms with Gasteiger partial charge in [-0.15, -0.1) is 11.3 Å². The van der Waals surface area contributed by atoms with Crippen LogP contribution in [0.15, 0.2) is 17.5 Å². The number of hydrogen-bond acceptors (Lipinski definition) is 3. The molecule has 0 unspecified atom stereocenters. The Hall–Kier alpha value is -0.580. The Kier molecular flexibility index (Phi) is 2.76. The van der Waals surface area contributed by atoms with Gasteiger partial charge in [-0.25, -0.2) is 0 Å². The SMILES string of the molecule is Nc1cc(CBr)cc2c(CO)csc12. The molecule has 4 heteroatoms. The summed E-state index contributed by atoms with van der Waals surface area (Å²) in [5.74, 6) is 0. The summed E-state index contributed by atoms with van der Waals surface area (Å²) in [4.78, 5) is 0. The molecule has 14 heavy (non-hydrogen) atoms. The van der Waals surface area contributed by atoms with Crippen LogP contribution in [0.25, 0.3) is 10.1 Å². The molecule has 0 saturated carbocycles. The van der Waals surface area contributed by atoms with Crippen LogP contribution in [0.2, 0.25) is 0 Å². The highest BCUT2D eigenvalue weighted by molar-refractivity contribution is 9.08. The van der Waals surface area contributed by atoms with E-state index in [0.29, 0.717) is 0 Å². The first-order valence-electron chi connectivity index (χ1n) is 4.21. The second-order valence-corrected chi connectivity index (χ2v) is 4.55. The molecule has 2 nitrogen and oxygen atoms in total. The Bertz CT molecular complexity index is 466. The second kappa shape index (κ2) is 3.88. The zero-order valence-corrected chi connectivity index (χ0v) is 9.86. The lowest BCUT2D eigenvalue weighted by Crippen LogP contribution is -1.88. The van der Waals surface area contributed by atoms with Gasteiger partial charge in [0, 0.05) is 16.4 Å². The van der Waals surface area contributed by atoms with Crippen molar-refractivity contribution in [2.24, 2.45) is 0 Å². The largest absolute Gasteiger partial charge is 0.398 e. The molecular weight excluding hydrogens is 262 g/mol. The minimum atomic E-state index is 0.0746. The summed E-state index contributed by atoms with van der Waals surface area (Å²) in [5, 5.41) is 13.0. The third-order valence-corrected chi connectivity index (χ3v) is 3.91. The molecule has 0 fully saturated rings. The molecule has 3 N–H and O–H groups in total. The minimum Gasteiger partial charge on any atom is -0.398 e. The topological polar surface area (TPSA) is 46.2 Å². The zero-order valence-electron chi connectivity index (χ0n) is 7.46. The monoisotopic (exact) mass is 271 g/mol. The maximum Gasteiger partial charge on any atom is 0.0696 e. The fourth-order valence-corrected chi connectivity index (χ4v) is 2.77. The Labute approximate surface area is 94.5 Å². The lowest BCUT2D eigenvalue weighted by atomic mass is 10.1. The normalized spacial score (nSPS) is 11.0. The number of anilines is 1. The molecule has 1 aromatic heterocycles. The lowest BCUT2D eigenvalue weighted by Gasteiger charge is -2.01. The Morgan fingerprint density at radius 2 is 2.21 bits per heavy atom. The average Bonchev–Trinajstić information content (AvgIpc) is 2.61. The first kappa shape index (κ1) is 9.96. The number of nitrogens with two attached hydrogens (primary N) is 1. The fourth-order valence-electron chi connectivity index (χ4n) is 1.48. The highest BCUT2D eigenvalue weighted by Gasteiger charge is 2.07. The predicted octanol–water partition coefficient (Wildman–Crippen LogP) is 2.87. The fraction of sp³-hybridized carbons (Fsp3) is 0.200. The van der Waals surface area contributed by atoms with Gasteiger partial charge in [0.05, 0.1) is 11.3 Å². The van der Waals surface area contributed by atoms with E-state index in [1.807, 2.05) is 11.4 Å². The summed E-state index contributed by atoms with van der Waals surface area (Å²) >= 11 is 4.98. The van der Waals surface area contributed by atoms with Crippen LogP contribution in [0.3, 0.4) is 0 Å². The van der Waals surface area contributed by atoms with Crippen molar-refractivity contribution < 1.29 is 5.11 Å². The molecule has 2 rings (SSSR count). The Morgan fingerprint density at radius 3 is 2.86 bits per heavy atom. The summed E-state index contributed by atoms with van der Waals surface area (Å²) in [5.41, 5.74) is 8.80. The van der Waals surface area contributed by atoms with E-state index in [-0.39, 0.29) is 6.61 Å². The van der Waals surface area contributed by atoms with Crippen LogP contribution < -0.4 is 5.73 Å². The van der Waals surface area contributed by atoms with E-state index >= 15 is 0 Å². The number of thiophene rings is 1. The molecule has 1 heterocycles. The molecular formula is C10H10BrNOS. The van der Waals surface area contributed by atoms with Crippen LogP contribution >= 0.6 is 27.3 Å². The van der Waals surface area contributed by atoms with Crippen molar-refractivity contribution in [3.63, 3.8) is 0 Å². The third kappa shape index (κ3) is 1.54. The Balaban J connectivity index is 2.73. The van der Waals surface area contributed by atoms with Crippen molar-refractivity contribution in [2.45, 2.75) is 11.9 Å². The van der Waals surface area contributed by atoms with Gasteiger partial charge in [0.2, 0.25) is 0 Å². The van der Waals surface area contributed by atoms with E-state index < -0.39 is 0 Å². The van der Waals surface area contributed by atoms with Crippen molar-refractivity contribution in [2.75, 3.05) is 5.73 Å². The summed E-state index contributed by atoms with van der Waals surface area (Å²) in [7, 11) is 0. The average molecular weight is 272 g/mol. The van der Waals surface area contributed by atoms with Crippen LogP contribution in [0, 0.1) is 0 Å². The molecule has 2 aromatic rings. The van der Waals surface area contributed by atoms with Crippen LogP contribution in [-0.4, -0.2) is 5.11 Å². The summed E-state index contributed by atoms with van der Waals surface area (Å²) in [6.45, 7) is 0.0746. The maximum atomic E-state index is 9.13. The molecule has 74 valence electrons. The number of hydrogen-bond donors (Lipinski definition) is 2. The third-order valence-electron chi connectivity index (χ3n) is 2.17. The standard InChI is InChI=1S/C10H10BrNOS/c11-3-6-1-8-7(4-13)5-14-10(8)9(12)2-6/h1-2,5,13H,3-4,12H2. The number of nitrogen functional groups attached to an aromatic ring is 1. The van der Waals surface area contributed by atoms with Gasteiger partial charge in [-0.05, 0) is 28.6 Å². The molecule has 0 amide bonds. The Morgan fingerprint density at radius 1 is 1.43 bits per heavy atom. The summed E-state index contributed by atoms with van der Waals surface area (Å²) in [6, 6.07) is 4.04. The van der Waals surface area contributed by atoms with Crippen molar-refractivity contribution in [3.05, 3.63) is 28.6 Å². The van der Waals surface area contributed by atoms with Crippen LogP contribution in [-0.2, 0) is 11.9 Å². The van der Waals surface area contributed by atoms with Crippen LogP contribution in [0.5, 0.6) is 0 Å². The first-order chi connectivity index (χ1) is 6.76. The molecule has 0 atom stereocenters. The highest BCUT2D eigenvalue weighted by Crippen LogP contribution is 2.32. The summed E-state index contributed by atoms with van der Waals surface area (Å²) in [6.07, 6.45) is 0. The zero-order chi connectivity index (χ0) is 10.1. The highest BCUT2D eigenvalue weighted by atomic mass is 79.9. The van der Waals surface area contributed by atoms with Crippen molar-refractivity contribution in [1.82, 2.24) is 0 Å². The second-order valence-electron chi connectivity index (χ2n) is 3.11. The quantitative estimate of drug-likeness (QED) is 0.652. The van der Waals surface area contributed by atoms with Gasteiger partial charge < -0.3 is 10.8 Å². The van der Waals surface area contributed by atoms with Gasteiger partial charge in [-0.3, -0.25) is 0 Å². The van der Waals surface area contributed by atoms with Gasteiger partial charge in [0.25, 0.3) is 0 Å². The molecule has 0 aliphatic carbocycles. The number of alkyl halides is 1. The van der Waals surface area contributed by atoms with Crippen LogP contribution in [0.4, 0.5) is 5.69 Å². The molecule has 1 aromatic carbocycles. The van der Waals surface area contributed by atoms with E-state index in [0.717, 1.165) is 32.2 Å². The van der Waals surface area contributed by atoms with Crippen molar-refractivity contribution in [1.29, 1.82) is 0 Å². The minimum absolute atomic E-state index is 0.0746. The maximum absolute atomic E-state index is 9.13. The van der Waals surface area contributed by atoms with E-state index in [9.17, 15) is 0 Å². The van der Waals surface area contributed by atoms with E-state index in [1.54, 1.807) is 11.3 Å². The van der Waals surface area contributed by atoms with Gasteiger partial charge in [0.15, 0.2) is 0 Å². The van der Waals surface area contributed by atoms with E-state index in [1.165, 1.54) is 0 Å². The molecule has 0 radical (unpaired) electrons. The number of fused-ring (bicyclic) bond motifs is 1. The molecule has 0 saturated heterocycles. The smallest absolute Gasteiger partial charge is 0.0696 e. The molecule has 0 bridgehead atoms. The van der Waals surface area contributed by atoms with Crippen molar-refractivity contribution in [3.8, 4) is 0 Å². The van der Waals surface area contributed by atoms with Gasteiger partial charge >= 0.3 is 0 Å². The van der Waals surface area contributed by atoms with Crippen molar-refractivity contribution >= 4 is 43.0 Å². The first-order valence-corrected chi connectivity index (χ1v) is 6.21. The number of aliphatic hydroxyl groups excluding tert-OH is 1. The molecule has 0 aliphatic rings. The number of aliphatic hydroxyl groups is 1. The molecule has 0 spiro atoms. The van der Waals surface area contributed by atoms with Gasteiger partial charge in [0.1, 0.15) is 0 Å².